The van der Waals surface area contributed by atoms with Crippen LogP contribution < -0.4 is 10.6 Å². The number of hydrogen-bond donors (Lipinski definition) is 3. The van der Waals surface area contributed by atoms with E-state index in [2.05, 4.69) is 33.2 Å². The summed E-state index contributed by atoms with van der Waals surface area (Å²) in [5.74, 6) is -0.652. The van der Waals surface area contributed by atoms with Gasteiger partial charge in [0, 0.05) is 39.8 Å². The van der Waals surface area contributed by atoms with Crippen LogP contribution in [-0.2, 0) is 11.3 Å². The molecule has 0 aliphatic carbocycles. The smallest absolute Gasteiger partial charge is 0.260 e. The maximum absolute atomic E-state index is 12.3. The average molecular weight is 485 g/mol. The van der Waals surface area contributed by atoms with Crippen LogP contribution in [0.5, 0.6) is 5.75 Å². The summed E-state index contributed by atoms with van der Waals surface area (Å²) < 4.78 is 2.77. The van der Waals surface area contributed by atoms with Crippen molar-refractivity contribution in [3.05, 3.63) is 87.4 Å². The third kappa shape index (κ3) is 3.53. The lowest BCUT2D eigenvalue weighted by Crippen LogP contribution is -2.37. The van der Waals surface area contributed by atoms with Gasteiger partial charge in [0.2, 0.25) is 0 Å². The molecule has 2 amide bonds. The van der Waals surface area contributed by atoms with Gasteiger partial charge in [0.25, 0.3) is 11.8 Å². The molecule has 4 rings (SSSR count). The minimum Gasteiger partial charge on any atom is -0.506 e. The Bertz CT molecular complexity index is 1100. The average Bonchev–Trinajstić information content (AvgIpc) is 3.18. The highest BCUT2D eigenvalue weighted by Gasteiger charge is 2.27. The summed E-state index contributed by atoms with van der Waals surface area (Å²) in [6.07, 6.45) is 5.33. The lowest BCUT2D eigenvalue weighted by Gasteiger charge is -2.18. The fourth-order valence-electron chi connectivity index (χ4n) is 3.10. The fourth-order valence-corrected chi connectivity index (χ4v) is 3.60. The van der Waals surface area contributed by atoms with E-state index in [9.17, 15) is 14.7 Å². The van der Waals surface area contributed by atoms with Crippen molar-refractivity contribution in [3.63, 3.8) is 0 Å². The Labute approximate surface area is 175 Å². The first-order chi connectivity index (χ1) is 13.5. The Morgan fingerprint density at radius 1 is 1.04 bits per heavy atom. The number of amides is 2. The molecule has 3 N–H and O–H groups in total. The maximum Gasteiger partial charge on any atom is 0.260 e. The molecule has 0 saturated carbocycles. The number of carbonyl (C=O) groups is 2. The predicted octanol–water partition coefficient (Wildman–Crippen LogP) is 3.19. The number of rotatable bonds is 4. The van der Waals surface area contributed by atoms with E-state index in [1.54, 1.807) is 18.3 Å². The first-order valence-corrected chi connectivity index (χ1v) is 9.65. The second kappa shape index (κ2) is 7.51. The van der Waals surface area contributed by atoms with E-state index < -0.39 is 5.91 Å². The normalized spacial score (nSPS) is 14.7. The number of imide groups is 1. The number of hydrogen-bond acceptors (Lipinski definition) is 4. The molecule has 1 aliphatic heterocycles. The molecule has 28 heavy (non-hydrogen) atoms. The molecule has 1 aliphatic rings. The molecule has 140 valence electrons. The number of nitrogens with zero attached hydrogens (tertiary/aromatic N) is 1. The third-order valence-electron chi connectivity index (χ3n) is 4.46. The van der Waals surface area contributed by atoms with E-state index in [1.165, 1.54) is 0 Å². The van der Waals surface area contributed by atoms with E-state index in [4.69, 9.17) is 0 Å². The molecular weight excluding hydrogens is 469 g/mol. The van der Waals surface area contributed by atoms with Gasteiger partial charge in [0.05, 0.1) is 11.3 Å². The summed E-state index contributed by atoms with van der Waals surface area (Å²) in [6, 6.07) is 14.6. The first-order valence-electron chi connectivity index (χ1n) is 8.57. The number of aromatic hydroxyl groups is 1. The molecule has 2 aromatic carbocycles. The van der Waals surface area contributed by atoms with Crippen LogP contribution in [0.4, 0.5) is 0 Å². The molecule has 3 aromatic rings. The minimum atomic E-state index is -0.433. The standard InChI is InChI=1S/C21H16IN3O3/c22-14-4-5-15-16(10-14)17(21(28)24-20(15)27)12-23-11-13-3-6-18(19(26)9-13)25-7-1-2-8-25/h1-10,12,23,26H,11H2,(H,24,27,28). The Hall–Kier alpha value is -3.07. The summed E-state index contributed by atoms with van der Waals surface area (Å²) >= 11 is 2.15. The largest absolute Gasteiger partial charge is 0.506 e. The van der Waals surface area contributed by atoms with E-state index in [0.29, 0.717) is 28.9 Å². The molecule has 0 unspecified atom stereocenters. The van der Waals surface area contributed by atoms with Crippen molar-refractivity contribution in [2.45, 2.75) is 6.54 Å². The second-order valence-electron chi connectivity index (χ2n) is 6.33. The zero-order valence-corrected chi connectivity index (χ0v) is 16.8. The summed E-state index contributed by atoms with van der Waals surface area (Å²) in [7, 11) is 0. The van der Waals surface area contributed by atoms with Gasteiger partial charge in [-0.1, -0.05) is 6.07 Å². The van der Waals surface area contributed by atoms with Crippen molar-refractivity contribution >= 4 is 40.0 Å². The van der Waals surface area contributed by atoms with E-state index in [-0.39, 0.29) is 11.7 Å². The Morgan fingerprint density at radius 2 is 1.82 bits per heavy atom. The molecule has 2 heterocycles. The lowest BCUT2D eigenvalue weighted by atomic mass is 9.95. The quantitative estimate of drug-likeness (QED) is 0.301. The van der Waals surface area contributed by atoms with Gasteiger partial charge >= 0.3 is 0 Å². The van der Waals surface area contributed by atoms with Crippen LogP contribution in [-0.4, -0.2) is 21.5 Å². The SMILES string of the molecule is O=C1NC(=O)c2ccc(I)cc2C1=CNCc1ccc(-n2cccc2)c(O)c1. The number of phenols is 1. The number of fused-ring (bicyclic) bond motifs is 1. The second-order valence-corrected chi connectivity index (χ2v) is 7.57. The summed E-state index contributed by atoms with van der Waals surface area (Å²) in [5.41, 5.74) is 3.04. The van der Waals surface area contributed by atoms with Gasteiger partial charge in [0.15, 0.2) is 0 Å². The van der Waals surface area contributed by atoms with Gasteiger partial charge in [-0.05, 0) is 70.6 Å². The van der Waals surface area contributed by atoms with Gasteiger partial charge in [0.1, 0.15) is 5.75 Å². The van der Waals surface area contributed by atoms with Gasteiger partial charge in [-0.25, -0.2) is 0 Å². The molecule has 0 bridgehead atoms. The Kier molecular flexibility index (Phi) is 4.91. The van der Waals surface area contributed by atoms with Gasteiger partial charge in [-0.2, -0.15) is 0 Å². The topological polar surface area (TPSA) is 83.4 Å². The fraction of sp³-hybridized carbons (Fsp3) is 0.0476. The number of phenolic OH excluding ortho intramolecular Hbond substituents is 1. The zero-order chi connectivity index (χ0) is 19.7. The molecule has 1 aromatic heterocycles. The van der Waals surface area contributed by atoms with Crippen LogP contribution in [0.15, 0.2) is 67.1 Å². The molecule has 0 spiro atoms. The van der Waals surface area contributed by atoms with Gasteiger partial charge in [-0.3, -0.25) is 14.9 Å². The Morgan fingerprint density at radius 3 is 2.57 bits per heavy atom. The highest BCUT2D eigenvalue weighted by Crippen LogP contribution is 2.26. The molecular formula is C21H16IN3O3. The third-order valence-corrected chi connectivity index (χ3v) is 5.13. The van der Waals surface area contributed by atoms with Crippen LogP contribution in [0.2, 0.25) is 0 Å². The zero-order valence-electron chi connectivity index (χ0n) is 14.6. The predicted molar refractivity (Wildman–Crippen MR) is 114 cm³/mol. The van der Waals surface area contributed by atoms with Gasteiger partial charge in [-0.15, -0.1) is 0 Å². The summed E-state index contributed by atoms with van der Waals surface area (Å²) in [5, 5.41) is 15.7. The van der Waals surface area contributed by atoms with E-state index in [0.717, 1.165) is 9.13 Å². The van der Waals surface area contributed by atoms with Crippen molar-refractivity contribution < 1.29 is 14.7 Å². The number of benzene rings is 2. The maximum atomic E-state index is 12.3. The van der Waals surface area contributed by atoms with Crippen LogP contribution in [0, 0.1) is 3.57 Å². The highest BCUT2D eigenvalue weighted by molar-refractivity contribution is 14.1. The van der Waals surface area contributed by atoms with Crippen LogP contribution in [0.25, 0.3) is 11.3 Å². The van der Waals surface area contributed by atoms with Crippen LogP contribution in [0.1, 0.15) is 21.5 Å². The number of halogens is 1. The molecule has 6 nitrogen and oxygen atoms in total. The van der Waals surface area contributed by atoms with Crippen molar-refractivity contribution in [2.75, 3.05) is 0 Å². The lowest BCUT2D eigenvalue weighted by molar-refractivity contribution is -0.114. The Balaban J connectivity index is 1.55. The number of aromatic nitrogens is 1. The van der Waals surface area contributed by atoms with Crippen molar-refractivity contribution in [3.8, 4) is 11.4 Å². The molecule has 0 atom stereocenters. The molecule has 7 heteroatoms. The summed E-state index contributed by atoms with van der Waals surface area (Å²) in [4.78, 5) is 24.3. The minimum absolute atomic E-state index is 0.170. The van der Waals surface area contributed by atoms with Crippen LogP contribution in [0.3, 0.4) is 0 Å². The highest BCUT2D eigenvalue weighted by atomic mass is 127. The van der Waals surface area contributed by atoms with Crippen LogP contribution >= 0.6 is 22.6 Å². The molecule has 0 saturated heterocycles. The van der Waals surface area contributed by atoms with E-state index >= 15 is 0 Å². The van der Waals surface area contributed by atoms with Crippen molar-refractivity contribution in [2.24, 2.45) is 0 Å². The van der Waals surface area contributed by atoms with Crippen molar-refractivity contribution in [1.82, 2.24) is 15.2 Å². The monoisotopic (exact) mass is 485 g/mol. The van der Waals surface area contributed by atoms with Crippen molar-refractivity contribution in [1.29, 1.82) is 0 Å². The number of nitrogens with one attached hydrogen (secondary N) is 2. The molecule has 0 radical (unpaired) electrons. The molecule has 0 fully saturated rings. The number of carbonyl (C=O) groups excluding carboxylic acids is 2. The van der Waals surface area contributed by atoms with E-state index in [1.807, 2.05) is 53.4 Å². The van der Waals surface area contributed by atoms with Gasteiger partial charge < -0.3 is 15.0 Å². The summed E-state index contributed by atoms with van der Waals surface area (Å²) in [6.45, 7) is 0.420. The first kappa shape index (κ1) is 18.3.